The molecule has 2 amide bonds. The molecule has 120 valence electrons. The van der Waals surface area contributed by atoms with E-state index in [2.05, 4.69) is 15.7 Å². The first-order valence-corrected chi connectivity index (χ1v) is 7.28. The minimum Gasteiger partial charge on any atom is -0.393 e. The summed E-state index contributed by atoms with van der Waals surface area (Å²) in [7, 11) is 0. The molecule has 1 rings (SSSR count). The monoisotopic (exact) mass is 296 g/mol. The van der Waals surface area contributed by atoms with Crippen LogP contribution in [0.1, 0.15) is 48.0 Å². The fourth-order valence-corrected chi connectivity index (χ4v) is 2.12. The normalized spacial score (nSPS) is 13.9. The molecule has 0 aromatic carbocycles. The molecule has 21 heavy (non-hydrogen) atoms. The van der Waals surface area contributed by atoms with E-state index in [4.69, 9.17) is 0 Å². The predicted octanol–water partition coefficient (Wildman–Crippen LogP) is 2.56. The van der Waals surface area contributed by atoms with Crippen LogP contribution < -0.4 is 10.6 Å². The summed E-state index contributed by atoms with van der Waals surface area (Å²) in [5.74, 6) is 0. The number of aliphatic hydroxyl groups is 1. The summed E-state index contributed by atoms with van der Waals surface area (Å²) in [5.41, 5.74) is 0.396. The van der Waals surface area contributed by atoms with E-state index < -0.39 is 0 Å². The molecule has 6 heteroatoms. The van der Waals surface area contributed by atoms with Crippen molar-refractivity contribution in [3.63, 3.8) is 0 Å². The van der Waals surface area contributed by atoms with E-state index in [9.17, 15) is 9.90 Å². The smallest absolute Gasteiger partial charge is 0.319 e. The van der Waals surface area contributed by atoms with Crippen molar-refractivity contribution in [2.45, 2.75) is 59.6 Å². The van der Waals surface area contributed by atoms with Crippen molar-refractivity contribution >= 4 is 11.7 Å². The second kappa shape index (κ2) is 6.47. The quantitative estimate of drug-likeness (QED) is 0.781. The van der Waals surface area contributed by atoms with E-state index in [0.717, 1.165) is 0 Å². The zero-order valence-electron chi connectivity index (χ0n) is 13.9. The van der Waals surface area contributed by atoms with Gasteiger partial charge in [-0.15, -0.1) is 0 Å². The van der Waals surface area contributed by atoms with E-state index in [-0.39, 0.29) is 23.1 Å². The van der Waals surface area contributed by atoms with Crippen LogP contribution in [-0.4, -0.2) is 33.6 Å². The van der Waals surface area contributed by atoms with Crippen molar-refractivity contribution in [2.24, 2.45) is 5.41 Å². The predicted molar refractivity (Wildman–Crippen MR) is 84.3 cm³/mol. The van der Waals surface area contributed by atoms with Gasteiger partial charge in [0.25, 0.3) is 0 Å². The SMILES string of the molecule is CC(O)CC(C)(C)CNC(=O)Nc1cnn(C(C)(C)C)c1. The van der Waals surface area contributed by atoms with Crippen LogP contribution in [0.5, 0.6) is 0 Å². The standard InChI is InChI=1S/C15H28N4O2/c1-11(20)7-15(5,6)10-16-13(21)18-12-8-17-19(9-12)14(2,3)4/h8-9,11,20H,7,10H2,1-6H3,(H2,16,18,21). The number of hydrogen-bond donors (Lipinski definition) is 3. The van der Waals surface area contributed by atoms with Gasteiger partial charge in [-0.1, -0.05) is 13.8 Å². The third-order valence-corrected chi connectivity index (χ3v) is 3.10. The number of urea groups is 1. The molecule has 1 aromatic heterocycles. The average Bonchev–Trinajstić information content (AvgIpc) is 2.73. The van der Waals surface area contributed by atoms with E-state index in [1.807, 2.05) is 34.6 Å². The largest absolute Gasteiger partial charge is 0.393 e. The van der Waals surface area contributed by atoms with Crippen molar-refractivity contribution in [1.29, 1.82) is 0 Å². The highest BCUT2D eigenvalue weighted by Gasteiger charge is 2.21. The zero-order chi connectivity index (χ0) is 16.3. The summed E-state index contributed by atoms with van der Waals surface area (Å²) in [5, 5.41) is 19.2. The van der Waals surface area contributed by atoms with Gasteiger partial charge in [-0.25, -0.2) is 4.79 Å². The Morgan fingerprint density at radius 1 is 1.38 bits per heavy atom. The van der Waals surface area contributed by atoms with Crippen LogP contribution in [0.2, 0.25) is 0 Å². The first-order valence-electron chi connectivity index (χ1n) is 7.28. The number of nitrogens with zero attached hydrogens (tertiary/aromatic N) is 2. The number of carbonyl (C=O) groups is 1. The molecule has 0 spiro atoms. The topological polar surface area (TPSA) is 79.2 Å². The molecule has 0 aliphatic carbocycles. The lowest BCUT2D eigenvalue weighted by Gasteiger charge is -2.26. The van der Waals surface area contributed by atoms with E-state index >= 15 is 0 Å². The fraction of sp³-hybridized carbons (Fsp3) is 0.733. The molecule has 0 aliphatic rings. The number of hydrogen-bond acceptors (Lipinski definition) is 3. The maximum atomic E-state index is 11.9. The van der Waals surface area contributed by atoms with Crippen molar-refractivity contribution in [3.05, 3.63) is 12.4 Å². The van der Waals surface area contributed by atoms with Crippen LogP contribution in [0, 0.1) is 5.41 Å². The molecule has 6 nitrogen and oxygen atoms in total. The Morgan fingerprint density at radius 3 is 2.48 bits per heavy atom. The second-order valence-corrected chi connectivity index (χ2v) is 7.37. The van der Waals surface area contributed by atoms with Crippen LogP contribution in [0.25, 0.3) is 0 Å². The highest BCUT2D eigenvalue weighted by atomic mass is 16.3. The van der Waals surface area contributed by atoms with Gasteiger partial charge in [0, 0.05) is 12.7 Å². The lowest BCUT2D eigenvalue weighted by molar-refractivity contribution is 0.129. The second-order valence-electron chi connectivity index (χ2n) is 7.37. The number of amides is 2. The number of rotatable bonds is 5. The molecule has 0 bridgehead atoms. The molecule has 3 N–H and O–H groups in total. The number of nitrogens with one attached hydrogen (secondary N) is 2. The van der Waals surface area contributed by atoms with E-state index in [1.165, 1.54) is 0 Å². The summed E-state index contributed by atoms with van der Waals surface area (Å²) in [6, 6.07) is -0.262. The van der Waals surface area contributed by atoms with Crippen molar-refractivity contribution in [2.75, 3.05) is 11.9 Å². The summed E-state index contributed by atoms with van der Waals surface area (Å²) in [6.07, 6.45) is 3.69. The molecule has 0 radical (unpaired) electrons. The number of aliphatic hydroxyl groups excluding tert-OH is 1. The van der Waals surface area contributed by atoms with Crippen molar-refractivity contribution in [1.82, 2.24) is 15.1 Å². The van der Waals surface area contributed by atoms with Crippen LogP contribution in [-0.2, 0) is 5.54 Å². The Balaban J connectivity index is 2.49. The van der Waals surface area contributed by atoms with Gasteiger partial charge in [-0.05, 0) is 39.5 Å². The number of carbonyl (C=O) groups excluding carboxylic acids is 1. The highest BCUT2D eigenvalue weighted by molar-refractivity contribution is 5.88. The minimum atomic E-state index is -0.380. The Kier molecular flexibility index (Phi) is 5.39. The van der Waals surface area contributed by atoms with Crippen LogP contribution in [0.4, 0.5) is 10.5 Å². The van der Waals surface area contributed by atoms with Gasteiger partial charge in [0.1, 0.15) is 0 Å². The van der Waals surface area contributed by atoms with Gasteiger partial charge < -0.3 is 15.7 Å². The summed E-state index contributed by atoms with van der Waals surface area (Å²) in [4.78, 5) is 11.9. The van der Waals surface area contributed by atoms with E-state index in [0.29, 0.717) is 18.7 Å². The third-order valence-electron chi connectivity index (χ3n) is 3.10. The molecular formula is C15H28N4O2. The summed E-state index contributed by atoms with van der Waals surface area (Å²) < 4.78 is 1.81. The molecule has 0 saturated heterocycles. The average molecular weight is 296 g/mol. The Bertz CT molecular complexity index is 472. The molecule has 1 heterocycles. The summed E-state index contributed by atoms with van der Waals surface area (Å²) >= 11 is 0. The molecule has 1 unspecified atom stereocenters. The third kappa shape index (κ3) is 6.16. The molecule has 0 fully saturated rings. The lowest BCUT2D eigenvalue weighted by Crippen LogP contribution is -2.38. The Labute approximate surface area is 126 Å². The fourth-order valence-electron chi connectivity index (χ4n) is 2.12. The van der Waals surface area contributed by atoms with Gasteiger partial charge in [-0.3, -0.25) is 4.68 Å². The molecule has 0 saturated carbocycles. The first kappa shape index (κ1) is 17.5. The molecular weight excluding hydrogens is 268 g/mol. The van der Waals surface area contributed by atoms with Crippen LogP contribution in [0.15, 0.2) is 12.4 Å². The molecule has 0 aliphatic heterocycles. The zero-order valence-corrected chi connectivity index (χ0v) is 13.9. The number of anilines is 1. The van der Waals surface area contributed by atoms with Gasteiger partial charge in [0.05, 0.1) is 23.5 Å². The molecule has 1 atom stereocenters. The van der Waals surface area contributed by atoms with Gasteiger partial charge in [0.2, 0.25) is 0 Å². The minimum absolute atomic E-state index is 0.115. The highest BCUT2D eigenvalue weighted by Crippen LogP contribution is 2.21. The Hall–Kier alpha value is -1.56. The van der Waals surface area contributed by atoms with Crippen LogP contribution in [0.3, 0.4) is 0 Å². The summed E-state index contributed by atoms with van der Waals surface area (Å²) in [6.45, 7) is 12.4. The maximum Gasteiger partial charge on any atom is 0.319 e. The van der Waals surface area contributed by atoms with E-state index in [1.54, 1.807) is 24.0 Å². The van der Waals surface area contributed by atoms with Crippen LogP contribution >= 0.6 is 0 Å². The van der Waals surface area contributed by atoms with Gasteiger partial charge in [-0.2, -0.15) is 5.10 Å². The van der Waals surface area contributed by atoms with Gasteiger partial charge in [0.15, 0.2) is 0 Å². The van der Waals surface area contributed by atoms with Crippen molar-refractivity contribution in [3.8, 4) is 0 Å². The van der Waals surface area contributed by atoms with Gasteiger partial charge >= 0.3 is 6.03 Å². The first-order chi connectivity index (χ1) is 9.49. The van der Waals surface area contributed by atoms with Crippen molar-refractivity contribution < 1.29 is 9.90 Å². The molecule has 1 aromatic rings. The lowest BCUT2D eigenvalue weighted by atomic mass is 9.87. The Morgan fingerprint density at radius 2 is 2.00 bits per heavy atom. The number of aromatic nitrogens is 2. The maximum absolute atomic E-state index is 11.9.